The van der Waals surface area contributed by atoms with E-state index in [2.05, 4.69) is 4.98 Å². The molecule has 2 heterocycles. The molecule has 0 aliphatic carbocycles. The van der Waals surface area contributed by atoms with E-state index in [1.54, 1.807) is 17.0 Å². The normalized spacial score (nSPS) is 20.7. The van der Waals surface area contributed by atoms with Crippen LogP contribution in [0.3, 0.4) is 0 Å². The first-order valence-electron chi connectivity index (χ1n) is 4.76. The standard InChI is InChI=1S/C10H11ClN2O2/c11-9-8(2-1-4-12-9)10(15)13-5-3-7(14)6-13/h1-2,4,7,14H,3,5-6H2. The molecule has 0 bridgehead atoms. The van der Waals surface area contributed by atoms with Gasteiger partial charge in [-0.15, -0.1) is 0 Å². The number of carbonyl (C=O) groups excluding carboxylic acids is 1. The Morgan fingerprint density at radius 3 is 3.07 bits per heavy atom. The van der Waals surface area contributed by atoms with Gasteiger partial charge in [0.2, 0.25) is 0 Å². The second-order valence-electron chi connectivity index (χ2n) is 3.54. The van der Waals surface area contributed by atoms with Crippen molar-refractivity contribution < 1.29 is 9.90 Å². The van der Waals surface area contributed by atoms with Crippen molar-refractivity contribution >= 4 is 17.5 Å². The zero-order valence-electron chi connectivity index (χ0n) is 8.06. The van der Waals surface area contributed by atoms with Gasteiger partial charge in [0.05, 0.1) is 11.7 Å². The van der Waals surface area contributed by atoms with Crippen LogP contribution in [-0.4, -0.2) is 40.1 Å². The van der Waals surface area contributed by atoms with Crippen LogP contribution in [0.25, 0.3) is 0 Å². The van der Waals surface area contributed by atoms with Gasteiger partial charge in [0, 0.05) is 19.3 Å². The van der Waals surface area contributed by atoms with Gasteiger partial charge in [0.15, 0.2) is 0 Å². The molecule has 1 aliphatic heterocycles. The molecule has 1 unspecified atom stereocenters. The molecule has 80 valence electrons. The third-order valence-corrected chi connectivity index (χ3v) is 2.74. The van der Waals surface area contributed by atoms with E-state index in [0.717, 1.165) is 0 Å². The van der Waals surface area contributed by atoms with Gasteiger partial charge in [-0.2, -0.15) is 0 Å². The summed E-state index contributed by atoms with van der Waals surface area (Å²) in [5.41, 5.74) is 0.397. The summed E-state index contributed by atoms with van der Waals surface area (Å²) in [5.74, 6) is -0.162. The van der Waals surface area contributed by atoms with E-state index in [1.165, 1.54) is 6.20 Å². The molecule has 0 saturated carbocycles. The molecule has 1 amide bonds. The smallest absolute Gasteiger partial charge is 0.257 e. The minimum Gasteiger partial charge on any atom is -0.391 e. The molecule has 4 nitrogen and oxygen atoms in total. The minimum absolute atomic E-state index is 0.162. The fourth-order valence-electron chi connectivity index (χ4n) is 1.64. The molecule has 1 aromatic heterocycles. The van der Waals surface area contributed by atoms with Gasteiger partial charge in [-0.3, -0.25) is 4.79 Å². The van der Waals surface area contributed by atoms with Crippen LogP contribution >= 0.6 is 11.6 Å². The molecule has 1 atom stereocenters. The highest BCUT2D eigenvalue weighted by molar-refractivity contribution is 6.32. The highest BCUT2D eigenvalue weighted by atomic mass is 35.5. The number of carbonyl (C=O) groups is 1. The van der Waals surface area contributed by atoms with Gasteiger partial charge in [-0.05, 0) is 18.6 Å². The maximum Gasteiger partial charge on any atom is 0.257 e. The van der Waals surface area contributed by atoms with Gasteiger partial charge in [0.25, 0.3) is 5.91 Å². The van der Waals surface area contributed by atoms with Crippen molar-refractivity contribution in [1.82, 2.24) is 9.88 Å². The number of pyridine rings is 1. The third kappa shape index (κ3) is 2.11. The number of likely N-dealkylation sites (tertiary alicyclic amines) is 1. The summed E-state index contributed by atoms with van der Waals surface area (Å²) in [5, 5.41) is 9.53. The van der Waals surface area contributed by atoms with Gasteiger partial charge in [-0.1, -0.05) is 11.6 Å². The number of nitrogens with zero attached hydrogens (tertiary/aromatic N) is 2. The Balaban J connectivity index is 2.18. The lowest BCUT2D eigenvalue weighted by Gasteiger charge is -2.15. The first kappa shape index (κ1) is 10.4. The molecule has 5 heteroatoms. The van der Waals surface area contributed by atoms with Crippen LogP contribution in [0.4, 0.5) is 0 Å². The van der Waals surface area contributed by atoms with Crippen molar-refractivity contribution in [1.29, 1.82) is 0 Å². The first-order valence-corrected chi connectivity index (χ1v) is 5.14. The molecule has 1 aromatic rings. The van der Waals surface area contributed by atoms with Gasteiger partial charge >= 0.3 is 0 Å². The molecule has 1 aliphatic rings. The maximum atomic E-state index is 11.9. The van der Waals surface area contributed by atoms with Gasteiger partial charge < -0.3 is 10.0 Å². The largest absolute Gasteiger partial charge is 0.391 e. The second-order valence-corrected chi connectivity index (χ2v) is 3.89. The van der Waals surface area contributed by atoms with Crippen LogP contribution in [0, 0.1) is 0 Å². The summed E-state index contributed by atoms with van der Waals surface area (Å²) in [7, 11) is 0. The Hall–Kier alpha value is -1.13. The number of halogens is 1. The molecule has 1 saturated heterocycles. The van der Waals surface area contributed by atoms with E-state index in [1.807, 2.05) is 0 Å². The molecule has 0 radical (unpaired) electrons. The van der Waals surface area contributed by atoms with Crippen LogP contribution in [0.2, 0.25) is 5.15 Å². The van der Waals surface area contributed by atoms with Crippen molar-refractivity contribution in [2.45, 2.75) is 12.5 Å². The number of hydrogen-bond acceptors (Lipinski definition) is 3. The molecular weight excluding hydrogens is 216 g/mol. The summed E-state index contributed by atoms with van der Waals surface area (Å²) in [6.07, 6.45) is 1.76. The SMILES string of the molecule is O=C(c1cccnc1Cl)N1CCC(O)C1. The van der Waals surface area contributed by atoms with Crippen molar-refractivity contribution in [3.8, 4) is 0 Å². The minimum atomic E-state index is -0.413. The van der Waals surface area contributed by atoms with Crippen LogP contribution in [0.5, 0.6) is 0 Å². The van der Waals surface area contributed by atoms with Gasteiger partial charge in [-0.25, -0.2) is 4.98 Å². The highest BCUT2D eigenvalue weighted by Crippen LogP contribution is 2.17. The number of amides is 1. The van der Waals surface area contributed by atoms with Crippen molar-refractivity contribution in [3.63, 3.8) is 0 Å². The number of β-amino-alcohol motifs (C(OH)–C–C–N with tert-alkyl or cyclic N) is 1. The number of aliphatic hydroxyl groups is 1. The highest BCUT2D eigenvalue weighted by Gasteiger charge is 2.26. The van der Waals surface area contributed by atoms with E-state index >= 15 is 0 Å². The lowest BCUT2D eigenvalue weighted by molar-refractivity contribution is 0.0764. The van der Waals surface area contributed by atoms with E-state index in [-0.39, 0.29) is 11.1 Å². The molecule has 1 N–H and O–H groups in total. The van der Waals surface area contributed by atoms with Gasteiger partial charge in [0.1, 0.15) is 5.15 Å². The van der Waals surface area contributed by atoms with Crippen molar-refractivity contribution in [2.75, 3.05) is 13.1 Å². The molecule has 0 aromatic carbocycles. The van der Waals surface area contributed by atoms with E-state index in [4.69, 9.17) is 11.6 Å². The quantitative estimate of drug-likeness (QED) is 0.726. The predicted molar refractivity (Wildman–Crippen MR) is 55.8 cm³/mol. The molecule has 15 heavy (non-hydrogen) atoms. The summed E-state index contributed by atoms with van der Waals surface area (Å²) < 4.78 is 0. The summed E-state index contributed by atoms with van der Waals surface area (Å²) in [6, 6.07) is 3.31. The zero-order chi connectivity index (χ0) is 10.8. The van der Waals surface area contributed by atoms with E-state index in [9.17, 15) is 9.90 Å². The number of rotatable bonds is 1. The molecule has 1 fully saturated rings. The topological polar surface area (TPSA) is 53.4 Å². The maximum absolute atomic E-state index is 11.9. The Morgan fingerprint density at radius 1 is 1.67 bits per heavy atom. The van der Waals surface area contributed by atoms with Crippen molar-refractivity contribution in [3.05, 3.63) is 29.0 Å². The van der Waals surface area contributed by atoms with Crippen LogP contribution in [0.15, 0.2) is 18.3 Å². The zero-order valence-corrected chi connectivity index (χ0v) is 8.81. The van der Waals surface area contributed by atoms with E-state index < -0.39 is 6.10 Å². The Morgan fingerprint density at radius 2 is 2.47 bits per heavy atom. The van der Waals surface area contributed by atoms with Crippen LogP contribution in [0.1, 0.15) is 16.8 Å². The average molecular weight is 227 g/mol. The predicted octanol–water partition coefficient (Wildman–Crippen LogP) is 0.942. The average Bonchev–Trinajstić information content (AvgIpc) is 2.65. The lowest BCUT2D eigenvalue weighted by Crippen LogP contribution is -2.29. The van der Waals surface area contributed by atoms with Crippen molar-refractivity contribution in [2.24, 2.45) is 0 Å². The number of hydrogen-bond donors (Lipinski definition) is 1. The number of aliphatic hydroxyl groups excluding tert-OH is 1. The van der Waals surface area contributed by atoms with E-state index in [0.29, 0.717) is 25.1 Å². The second kappa shape index (κ2) is 4.16. The number of aromatic nitrogens is 1. The first-order chi connectivity index (χ1) is 7.18. The molecular formula is C10H11ClN2O2. The molecule has 2 rings (SSSR count). The van der Waals surface area contributed by atoms with Crippen LogP contribution in [-0.2, 0) is 0 Å². The van der Waals surface area contributed by atoms with Crippen LogP contribution < -0.4 is 0 Å². The fourth-order valence-corrected chi connectivity index (χ4v) is 1.84. The Bertz CT molecular complexity index is 383. The Kier molecular flexibility index (Phi) is 2.88. The fraction of sp³-hybridized carbons (Fsp3) is 0.400. The monoisotopic (exact) mass is 226 g/mol. The summed E-state index contributed by atoms with van der Waals surface area (Å²) in [4.78, 5) is 17.3. The lowest BCUT2D eigenvalue weighted by atomic mass is 10.2. The Labute approximate surface area is 92.5 Å². The summed E-state index contributed by atoms with van der Waals surface area (Å²) in [6.45, 7) is 0.954. The third-order valence-electron chi connectivity index (χ3n) is 2.44. The summed E-state index contributed by atoms with van der Waals surface area (Å²) >= 11 is 5.81. The molecule has 0 spiro atoms.